The molecule has 0 aliphatic carbocycles. The third kappa shape index (κ3) is 59.3. The summed E-state index contributed by atoms with van der Waals surface area (Å²) in [6.45, 7) is 4.41. The molecule has 430 valence electrons. The summed E-state index contributed by atoms with van der Waals surface area (Å²) in [5, 5.41) is 0. The maximum Gasteiger partial charge on any atom is 0.472 e. The molecule has 73 heavy (non-hydrogen) atoms. The Bertz CT molecular complexity index is 1330. The third-order valence-electron chi connectivity index (χ3n) is 13.9. The molecule has 0 saturated heterocycles. The van der Waals surface area contributed by atoms with E-state index in [1.807, 2.05) is 21.1 Å². The van der Waals surface area contributed by atoms with Crippen molar-refractivity contribution in [1.29, 1.82) is 0 Å². The normalized spacial score (nSPS) is 13.5. The van der Waals surface area contributed by atoms with Crippen LogP contribution in [0.2, 0.25) is 0 Å². The molecule has 0 aromatic carbocycles. The first-order valence-electron chi connectivity index (χ1n) is 31.2. The van der Waals surface area contributed by atoms with Crippen molar-refractivity contribution in [1.82, 2.24) is 0 Å². The van der Waals surface area contributed by atoms with E-state index in [4.69, 9.17) is 18.5 Å². The first-order valence-corrected chi connectivity index (χ1v) is 32.7. The molecular formula is C63H121NO8P+. The first-order chi connectivity index (χ1) is 35.5. The minimum absolute atomic E-state index is 0.0350. The number of quaternary nitrogens is 1. The lowest BCUT2D eigenvalue weighted by atomic mass is 10.0. The minimum Gasteiger partial charge on any atom is -0.462 e. The highest BCUT2D eigenvalue weighted by Crippen LogP contribution is 2.43. The first kappa shape index (κ1) is 71.2. The summed E-state index contributed by atoms with van der Waals surface area (Å²) in [5.74, 6) is -0.788. The second-order valence-electron chi connectivity index (χ2n) is 22.5. The standard InChI is InChI=1S/C63H120NO8P/c1-6-8-10-12-14-16-17-18-19-20-21-22-23-24-25-26-27-28-29-30-31-32-33-34-35-36-37-38-39-40-41-42-43-44-45-46-47-48-50-52-54-56-63(66)72-61(60-71-73(67,68)70-58-57-64(3,4)5)59-69-62(65)55-53-51-49-15-13-11-9-7-2/h17-18,20-21,23-24,61H,6-16,19,22,25-60H2,1-5H3/p+1/b18-17-,21-20-,24-23-. The van der Waals surface area contributed by atoms with Crippen LogP contribution in [-0.2, 0) is 32.7 Å². The zero-order valence-corrected chi connectivity index (χ0v) is 49.8. The van der Waals surface area contributed by atoms with Crippen molar-refractivity contribution in [2.75, 3.05) is 47.5 Å². The van der Waals surface area contributed by atoms with Gasteiger partial charge in [-0.25, -0.2) is 4.57 Å². The van der Waals surface area contributed by atoms with Gasteiger partial charge in [0.15, 0.2) is 6.10 Å². The SMILES string of the molecule is CCCCCCC/C=C\C/C=C\C/C=C\CCCCCCCCCCCCCCCCCCCCCCCCCCCCC(=O)OC(COC(=O)CCCCCCCCCC)COP(=O)(O)OCC[N+](C)(C)C. The van der Waals surface area contributed by atoms with E-state index in [2.05, 4.69) is 50.3 Å². The Hall–Kier alpha value is -1.77. The average molecular weight is 1050 g/mol. The number of phosphoric ester groups is 1. The van der Waals surface area contributed by atoms with Crippen molar-refractivity contribution in [2.45, 2.75) is 309 Å². The molecule has 0 bridgehead atoms. The summed E-state index contributed by atoms with van der Waals surface area (Å²) in [4.78, 5) is 35.4. The molecule has 2 atom stereocenters. The van der Waals surface area contributed by atoms with Gasteiger partial charge in [0.05, 0.1) is 27.7 Å². The molecule has 0 amide bonds. The number of phosphoric acid groups is 1. The number of nitrogens with zero attached hydrogens (tertiary/aromatic N) is 1. The molecular weight excluding hydrogens is 930 g/mol. The second kappa shape index (κ2) is 55.0. The number of allylic oxidation sites excluding steroid dienone is 6. The van der Waals surface area contributed by atoms with E-state index in [1.165, 1.54) is 225 Å². The lowest BCUT2D eigenvalue weighted by Crippen LogP contribution is -2.37. The zero-order chi connectivity index (χ0) is 53.5. The maximum atomic E-state index is 12.8. The third-order valence-corrected chi connectivity index (χ3v) is 14.9. The number of carbonyl (C=O) groups excluding carboxylic acids is 2. The van der Waals surface area contributed by atoms with E-state index in [0.717, 1.165) is 44.9 Å². The van der Waals surface area contributed by atoms with Gasteiger partial charge in [0, 0.05) is 12.8 Å². The predicted molar refractivity (Wildman–Crippen MR) is 312 cm³/mol. The predicted octanol–water partition coefficient (Wildman–Crippen LogP) is 19.5. The van der Waals surface area contributed by atoms with E-state index in [9.17, 15) is 19.0 Å². The van der Waals surface area contributed by atoms with Crippen molar-refractivity contribution >= 4 is 19.8 Å². The van der Waals surface area contributed by atoms with Crippen LogP contribution in [0.15, 0.2) is 36.5 Å². The molecule has 0 aromatic heterocycles. The molecule has 0 saturated carbocycles. The number of unbranched alkanes of at least 4 members (excludes halogenated alkanes) is 38. The van der Waals surface area contributed by atoms with E-state index >= 15 is 0 Å². The summed E-state index contributed by atoms with van der Waals surface area (Å²) in [6.07, 6.45) is 68.5. The van der Waals surface area contributed by atoms with Crippen LogP contribution in [0.25, 0.3) is 0 Å². The topological polar surface area (TPSA) is 108 Å². The monoisotopic (exact) mass is 1050 g/mol. The van der Waals surface area contributed by atoms with E-state index in [1.54, 1.807) is 0 Å². The summed E-state index contributed by atoms with van der Waals surface area (Å²) < 4.78 is 34.4. The number of rotatable bonds is 58. The van der Waals surface area contributed by atoms with Gasteiger partial charge in [-0.1, -0.05) is 275 Å². The molecule has 0 aliphatic heterocycles. The van der Waals surface area contributed by atoms with Gasteiger partial charge in [-0.2, -0.15) is 0 Å². The molecule has 10 heteroatoms. The number of carbonyl (C=O) groups is 2. The summed E-state index contributed by atoms with van der Waals surface area (Å²) in [6, 6.07) is 0. The highest BCUT2D eigenvalue weighted by atomic mass is 31.2. The summed E-state index contributed by atoms with van der Waals surface area (Å²) in [5.41, 5.74) is 0. The van der Waals surface area contributed by atoms with Crippen molar-refractivity contribution in [2.24, 2.45) is 0 Å². The smallest absolute Gasteiger partial charge is 0.462 e. The fourth-order valence-electron chi connectivity index (χ4n) is 9.08. The van der Waals surface area contributed by atoms with E-state index < -0.39 is 26.5 Å². The number of ether oxygens (including phenoxy) is 2. The average Bonchev–Trinajstić information content (AvgIpc) is 3.35. The van der Waals surface area contributed by atoms with Gasteiger partial charge >= 0.3 is 19.8 Å². The lowest BCUT2D eigenvalue weighted by Gasteiger charge is -2.24. The molecule has 0 fully saturated rings. The van der Waals surface area contributed by atoms with Crippen LogP contribution < -0.4 is 0 Å². The van der Waals surface area contributed by atoms with Crippen LogP contribution in [-0.4, -0.2) is 74.9 Å². The molecule has 1 N–H and O–H groups in total. The van der Waals surface area contributed by atoms with Gasteiger partial charge in [-0.05, 0) is 51.4 Å². The van der Waals surface area contributed by atoms with Gasteiger partial charge in [0.25, 0.3) is 0 Å². The van der Waals surface area contributed by atoms with Crippen LogP contribution >= 0.6 is 7.82 Å². The number of hydrogen-bond acceptors (Lipinski definition) is 7. The van der Waals surface area contributed by atoms with Gasteiger partial charge < -0.3 is 18.9 Å². The molecule has 2 unspecified atom stereocenters. The Labute approximate surface area is 452 Å². The zero-order valence-electron chi connectivity index (χ0n) is 48.9. The quantitative estimate of drug-likeness (QED) is 0.0211. The molecule has 0 heterocycles. The molecule has 0 aliphatic rings. The summed E-state index contributed by atoms with van der Waals surface area (Å²) >= 11 is 0. The maximum absolute atomic E-state index is 12.8. The second-order valence-corrected chi connectivity index (χ2v) is 23.9. The number of esters is 2. The Morgan fingerprint density at radius 2 is 0.740 bits per heavy atom. The van der Waals surface area contributed by atoms with Crippen LogP contribution in [0.3, 0.4) is 0 Å². The van der Waals surface area contributed by atoms with Crippen molar-refractivity contribution in [3.8, 4) is 0 Å². The lowest BCUT2D eigenvalue weighted by molar-refractivity contribution is -0.870. The van der Waals surface area contributed by atoms with E-state index in [0.29, 0.717) is 23.9 Å². The Morgan fingerprint density at radius 1 is 0.425 bits per heavy atom. The Balaban J connectivity index is 3.76. The van der Waals surface area contributed by atoms with Crippen molar-refractivity contribution in [3.05, 3.63) is 36.5 Å². The van der Waals surface area contributed by atoms with Gasteiger partial charge in [0.1, 0.15) is 19.8 Å². The van der Waals surface area contributed by atoms with Crippen LogP contribution in [0.5, 0.6) is 0 Å². The van der Waals surface area contributed by atoms with Crippen LogP contribution in [0, 0.1) is 0 Å². The molecule has 0 spiro atoms. The molecule has 0 aromatic rings. The molecule has 0 rings (SSSR count). The largest absolute Gasteiger partial charge is 0.472 e. The Morgan fingerprint density at radius 3 is 1.10 bits per heavy atom. The van der Waals surface area contributed by atoms with Gasteiger partial charge in [-0.3, -0.25) is 18.6 Å². The van der Waals surface area contributed by atoms with Crippen LogP contribution in [0.1, 0.15) is 303 Å². The molecule has 0 radical (unpaired) electrons. The van der Waals surface area contributed by atoms with Crippen molar-refractivity contribution in [3.63, 3.8) is 0 Å². The fraction of sp³-hybridized carbons (Fsp3) is 0.873. The van der Waals surface area contributed by atoms with Crippen molar-refractivity contribution < 1.29 is 42.1 Å². The molecule has 9 nitrogen and oxygen atoms in total. The number of hydrogen-bond donors (Lipinski definition) is 1. The number of likely N-dealkylation sites (N-methyl/N-ethyl adjacent to an activating group) is 1. The fourth-order valence-corrected chi connectivity index (χ4v) is 9.83. The van der Waals surface area contributed by atoms with Gasteiger partial charge in [-0.15, -0.1) is 0 Å². The van der Waals surface area contributed by atoms with Gasteiger partial charge in [0.2, 0.25) is 0 Å². The van der Waals surface area contributed by atoms with E-state index in [-0.39, 0.29) is 25.6 Å². The van der Waals surface area contributed by atoms with Crippen LogP contribution in [0.4, 0.5) is 0 Å². The Kier molecular flexibility index (Phi) is 53.7. The highest BCUT2D eigenvalue weighted by molar-refractivity contribution is 7.47. The summed E-state index contributed by atoms with van der Waals surface area (Å²) in [7, 11) is 1.49. The highest BCUT2D eigenvalue weighted by Gasteiger charge is 2.27. The minimum atomic E-state index is -4.37.